The average molecular weight is 286 g/mol. The van der Waals surface area contributed by atoms with Gasteiger partial charge in [0, 0.05) is 6.20 Å². The lowest BCUT2D eigenvalue weighted by Gasteiger charge is -2.19. The predicted molar refractivity (Wildman–Crippen MR) is 84.8 cm³/mol. The lowest BCUT2D eigenvalue weighted by atomic mass is 9.98. The van der Waals surface area contributed by atoms with E-state index in [4.69, 9.17) is 0 Å². The van der Waals surface area contributed by atoms with Gasteiger partial charge in [-0.15, -0.1) is 0 Å². The van der Waals surface area contributed by atoms with Crippen LogP contribution >= 0.6 is 0 Å². The van der Waals surface area contributed by atoms with Crippen molar-refractivity contribution in [3.63, 3.8) is 0 Å². The second kappa shape index (κ2) is 7.89. The quantitative estimate of drug-likeness (QED) is 0.822. The topological polar surface area (TPSA) is 24.9 Å². The standard InChI is InChI=1S/C18H23FN2/c1-3-7-14-8-5-9-15(13-14)17(20-11-4-2)18-16(19)10-6-12-21-18/h5-6,8-10,12-13,17,20H,3-4,7,11H2,1-2H3. The molecule has 0 amide bonds. The molecule has 1 N–H and O–H groups in total. The van der Waals surface area contributed by atoms with Crippen molar-refractivity contribution in [2.24, 2.45) is 0 Å². The Morgan fingerprint density at radius 2 is 2.00 bits per heavy atom. The first-order chi connectivity index (χ1) is 10.3. The van der Waals surface area contributed by atoms with E-state index in [0.29, 0.717) is 5.69 Å². The zero-order valence-corrected chi connectivity index (χ0v) is 12.8. The smallest absolute Gasteiger partial charge is 0.146 e. The maximum atomic E-state index is 14.1. The summed E-state index contributed by atoms with van der Waals surface area (Å²) in [6.45, 7) is 5.10. The zero-order chi connectivity index (χ0) is 15.1. The fourth-order valence-corrected chi connectivity index (χ4v) is 2.49. The molecule has 2 aromatic rings. The number of halogens is 1. The number of hydrogen-bond acceptors (Lipinski definition) is 2. The molecule has 0 fully saturated rings. The van der Waals surface area contributed by atoms with Gasteiger partial charge in [0.05, 0.1) is 11.7 Å². The normalized spacial score (nSPS) is 12.3. The summed E-state index contributed by atoms with van der Waals surface area (Å²) < 4.78 is 14.1. The Bertz CT molecular complexity index is 569. The maximum Gasteiger partial charge on any atom is 0.146 e. The van der Waals surface area contributed by atoms with Crippen LogP contribution < -0.4 is 5.32 Å². The SMILES string of the molecule is CCCNC(c1cccc(CCC)c1)c1ncccc1F. The van der Waals surface area contributed by atoms with Crippen molar-refractivity contribution >= 4 is 0 Å². The van der Waals surface area contributed by atoms with Crippen LogP contribution in [-0.4, -0.2) is 11.5 Å². The molecule has 112 valence electrons. The van der Waals surface area contributed by atoms with Crippen molar-refractivity contribution in [2.45, 2.75) is 39.2 Å². The van der Waals surface area contributed by atoms with Crippen LogP contribution in [0.4, 0.5) is 4.39 Å². The van der Waals surface area contributed by atoms with Crippen molar-refractivity contribution in [1.29, 1.82) is 0 Å². The molecular formula is C18H23FN2. The number of rotatable bonds is 7. The third kappa shape index (κ3) is 4.11. The minimum Gasteiger partial charge on any atom is -0.305 e. The summed E-state index contributed by atoms with van der Waals surface area (Å²) >= 11 is 0. The van der Waals surface area contributed by atoms with Crippen molar-refractivity contribution in [1.82, 2.24) is 10.3 Å². The van der Waals surface area contributed by atoms with Crippen LogP contribution in [0.3, 0.4) is 0 Å². The van der Waals surface area contributed by atoms with Gasteiger partial charge in [-0.1, -0.05) is 44.5 Å². The number of pyridine rings is 1. The average Bonchev–Trinajstić information content (AvgIpc) is 2.50. The Hall–Kier alpha value is -1.74. The minimum absolute atomic E-state index is 0.192. The molecule has 21 heavy (non-hydrogen) atoms. The molecule has 1 aromatic carbocycles. The monoisotopic (exact) mass is 286 g/mol. The van der Waals surface area contributed by atoms with Crippen molar-refractivity contribution < 1.29 is 4.39 Å². The fourth-order valence-electron chi connectivity index (χ4n) is 2.49. The van der Waals surface area contributed by atoms with Crippen LogP contribution in [0.1, 0.15) is 49.6 Å². The van der Waals surface area contributed by atoms with Crippen LogP contribution in [0.15, 0.2) is 42.6 Å². The van der Waals surface area contributed by atoms with Gasteiger partial charge in [0.15, 0.2) is 0 Å². The molecule has 0 aliphatic rings. The molecule has 0 spiro atoms. The molecule has 2 nitrogen and oxygen atoms in total. The predicted octanol–water partition coefficient (Wildman–Crippen LogP) is 4.26. The summed E-state index contributed by atoms with van der Waals surface area (Å²) in [5, 5.41) is 3.41. The summed E-state index contributed by atoms with van der Waals surface area (Å²) in [5.41, 5.74) is 2.83. The van der Waals surface area contributed by atoms with Gasteiger partial charge in [0.25, 0.3) is 0 Å². The van der Waals surface area contributed by atoms with Crippen LogP contribution in [0, 0.1) is 5.82 Å². The molecule has 0 aliphatic carbocycles. The van der Waals surface area contributed by atoms with E-state index >= 15 is 0 Å². The molecule has 1 heterocycles. The molecule has 0 saturated carbocycles. The molecule has 2 rings (SSSR count). The van der Waals surface area contributed by atoms with Crippen LogP contribution in [0.5, 0.6) is 0 Å². The second-order valence-electron chi connectivity index (χ2n) is 5.25. The number of hydrogen-bond donors (Lipinski definition) is 1. The Labute approximate surface area is 126 Å². The Balaban J connectivity index is 2.36. The van der Waals surface area contributed by atoms with Gasteiger partial charge >= 0.3 is 0 Å². The Morgan fingerprint density at radius 1 is 1.14 bits per heavy atom. The zero-order valence-electron chi connectivity index (χ0n) is 12.8. The van der Waals surface area contributed by atoms with E-state index in [2.05, 4.69) is 36.3 Å². The summed E-state index contributed by atoms with van der Waals surface area (Å²) in [4.78, 5) is 4.25. The van der Waals surface area contributed by atoms with E-state index < -0.39 is 0 Å². The number of nitrogens with zero attached hydrogens (tertiary/aromatic N) is 1. The minimum atomic E-state index is -0.257. The maximum absolute atomic E-state index is 14.1. The summed E-state index contributed by atoms with van der Waals surface area (Å²) in [6.07, 6.45) is 4.79. The van der Waals surface area contributed by atoms with Gasteiger partial charge in [0.1, 0.15) is 5.82 Å². The van der Waals surface area contributed by atoms with Crippen LogP contribution in [0.25, 0.3) is 0 Å². The van der Waals surface area contributed by atoms with Crippen molar-refractivity contribution in [3.05, 3.63) is 65.2 Å². The lowest BCUT2D eigenvalue weighted by Crippen LogP contribution is -2.25. The first-order valence-corrected chi connectivity index (χ1v) is 7.68. The Morgan fingerprint density at radius 3 is 2.71 bits per heavy atom. The molecule has 0 saturated heterocycles. The van der Waals surface area contributed by atoms with E-state index in [-0.39, 0.29) is 11.9 Å². The third-order valence-electron chi connectivity index (χ3n) is 3.48. The van der Waals surface area contributed by atoms with Crippen LogP contribution in [-0.2, 0) is 6.42 Å². The van der Waals surface area contributed by atoms with Gasteiger partial charge in [-0.05, 0) is 42.6 Å². The van der Waals surface area contributed by atoms with Gasteiger partial charge in [-0.25, -0.2) is 4.39 Å². The molecule has 3 heteroatoms. The van der Waals surface area contributed by atoms with E-state index in [1.807, 2.05) is 12.1 Å². The molecule has 1 aromatic heterocycles. The van der Waals surface area contributed by atoms with E-state index in [0.717, 1.165) is 31.4 Å². The Kier molecular flexibility index (Phi) is 5.88. The van der Waals surface area contributed by atoms with Crippen molar-refractivity contribution in [3.8, 4) is 0 Å². The van der Waals surface area contributed by atoms with E-state index in [9.17, 15) is 4.39 Å². The van der Waals surface area contributed by atoms with Crippen molar-refractivity contribution in [2.75, 3.05) is 6.54 Å². The highest BCUT2D eigenvalue weighted by atomic mass is 19.1. The van der Waals surface area contributed by atoms with Gasteiger partial charge < -0.3 is 5.32 Å². The summed E-state index contributed by atoms with van der Waals surface area (Å²) in [5.74, 6) is -0.257. The van der Waals surface area contributed by atoms with Gasteiger partial charge in [0.2, 0.25) is 0 Å². The molecule has 1 atom stereocenters. The van der Waals surface area contributed by atoms with E-state index in [1.54, 1.807) is 12.3 Å². The number of benzene rings is 1. The highest BCUT2D eigenvalue weighted by molar-refractivity contribution is 5.32. The number of nitrogens with one attached hydrogen (secondary N) is 1. The lowest BCUT2D eigenvalue weighted by molar-refractivity contribution is 0.531. The van der Waals surface area contributed by atoms with Gasteiger partial charge in [-0.3, -0.25) is 4.98 Å². The largest absolute Gasteiger partial charge is 0.305 e. The molecular weight excluding hydrogens is 263 g/mol. The first-order valence-electron chi connectivity index (χ1n) is 7.68. The highest BCUT2D eigenvalue weighted by Crippen LogP contribution is 2.23. The van der Waals surface area contributed by atoms with E-state index in [1.165, 1.54) is 11.6 Å². The first kappa shape index (κ1) is 15.6. The summed E-state index contributed by atoms with van der Waals surface area (Å²) in [6, 6.07) is 11.3. The number of aromatic nitrogens is 1. The molecule has 1 unspecified atom stereocenters. The second-order valence-corrected chi connectivity index (χ2v) is 5.25. The molecule has 0 radical (unpaired) electrons. The van der Waals surface area contributed by atoms with Gasteiger partial charge in [-0.2, -0.15) is 0 Å². The third-order valence-corrected chi connectivity index (χ3v) is 3.48. The highest BCUT2D eigenvalue weighted by Gasteiger charge is 2.18. The van der Waals surface area contributed by atoms with Crippen LogP contribution in [0.2, 0.25) is 0 Å². The molecule has 0 aliphatic heterocycles. The summed E-state index contributed by atoms with van der Waals surface area (Å²) in [7, 11) is 0. The number of aryl methyl sites for hydroxylation is 1. The molecule has 0 bridgehead atoms. The fraction of sp³-hybridized carbons (Fsp3) is 0.389.